The fraction of sp³-hybridized carbons (Fsp3) is 0.353. The Labute approximate surface area is 148 Å². The van der Waals surface area contributed by atoms with Crippen molar-refractivity contribution in [3.63, 3.8) is 0 Å². The van der Waals surface area contributed by atoms with E-state index in [4.69, 9.17) is 0 Å². The number of aromatic nitrogens is 2. The first-order valence-electron chi connectivity index (χ1n) is 8.21. The molecule has 1 fully saturated rings. The zero-order valence-corrected chi connectivity index (χ0v) is 13.9. The van der Waals surface area contributed by atoms with E-state index in [2.05, 4.69) is 25.5 Å². The van der Waals surface area contributed by atoms with Gasteiger partial charge in [-0.25, -0.2) is 14.8 Å². The predicted octanol–water partition coefficient (Wildman–Crippen LogP) is 3.42. The van der Waals surface area contributed by atoms with E-state index in [1.54, 1.807) is 6.20 Å². The number of anilines is 2. The number of halogens is 3. The van der Waals surface area contributed by atoms with Gasteiger partial charge in [-0.1, -0.05) is 6.07 Å². The quantitative estimate of drug-likeness (QED) is 0.871. The van der Waals surface area contributed by atoms with Crippen LogP contribution in [-0.2, 0) is 12.7 Å². The maximum absolute atomic E-state index is 12.7. The fourth-order valence-corrected chi connectivity index (χ4v) is 2.70. The van der Waals surface area contributed by atoms with Crippen LogP contribution in [0.1, 0.15) is 24.2 Å². The molecule has 138 valence electrons. The molecular formula is C17H18F3N5O. The minimum absolute atomic E-state index is 0.0593. The minimum atomic E-state index is -4.46. The Balaban J connectivity index is 1.57. The smallest absolute Gasteiger partial charge is 0.357 e. The second kappa shape index (κ2) is 7.59. The molecule has 26 heavy (non-hydrogen) atoms. The molecule has 0 bridgehead atoms. The summed E-state index contributed by atoms with van der Waals surface area (Å²) < 4.78 is 38.1. The number of rotatable bonds is 4. The van der Waals surface area contributed by atoms with E-state index >= 15 is 0 Å². The molecule has 2 heterocycles. The van der Waals surface area contributed by atoms with Gasteiger partial charge in [0.05, 0.1) is 12.1 Å². The van der Waals surface area contributed by atoms with Crippen LogP contribution in [0.15, 0.2) is 36.5 Å². The number of nitrogens with zero attached hydrogens (tertiary/aromatic N) is 3. The second-order valence-corrected chi connectivity index (χ2v) is 5.91. The van der Waals surface area contributed by atoms with Crippen molar-refractivity contribution < 1.29 is 18.0 Å². The van der Waals surface area contributed by atoms with Crippen molar-refractivity contribution in [2.24, 2.45) is 0 Å². The van der Waals surface area contributed by atoms with Crippen LogP contribution in [0.4, 0.5) is 29.5 Å². The average molecular weight is 365 g/mol. The van der Waals surface area contributed by atoms with Crippen LogP contribution in [0.3, 0.4) is 0 Å². The van der Waals surface area contributed by atoms with Crippen LogP contribution in [0.5, 0.6) is 0 Å². The molecule has 1 aliphatic heterocycles. The lowest BCUT2D eigenvalue weighted by atomic mass is 10.2. The van der Waals surface area contributed by atoms with Gasteiger partial charge in [-0.2, -0.15) is 13.2 Å². The van der Waals surface area contributed by atoms with Gasteiger partial charge in [0.25, 0.3) is 0 Å². The summed E-state index contributed by atoms with van der Waals surface area (Å²) in [4.78, 5) is 22.6. The van der Waals surface area contributed by atoms with Gasteiger partial charge in [0.15, 0.2) is 0 Å². The number of nitrogens with one attached hydrogen (secondary N) is 2. The molecule has 2 aromatic rings. The van der Waals surface area contributed by atoms with E-state index in [0.717, 1.165) is 43.9 Å². The van der Waals surface area contributed by atoms with Crippen LogP contribution >= 0.6 is 0 Å². The largest absolute Gasteiger partial charge is 0.416 e. The van der Waals surface area contributed by atoms with Crippen molar-refractivity contribution in [2.45, 2.75) is 25.6 Å². The summed E-state index contributed by atoms with van der Waals surface area (Å²) in [6.45, 7) is 1.96. The zero-order valence-electron chi connectivity index (χ0n) is 13.9. The summed E-state index contributed by atoms with van der Waals surface area (Å²) in [6, 6.07) is 5.64. The van der Waals surface area contributed by atoms with Crippen LogP contribution < -0.4 is 15.5 Å². The van der Waals surface area contributed by atoms with Crippen molar-refractivity contribution in [1.82, 2.24) is 15.3 Å². The maximum atomic E-state index is 12.7. The third kappa shape index (κ3) is 4.62. The molecule has 0 unspecified atom stereocenters. The molecule has 0 aliphatic carbocycles. The Morgan fingerprint density at radius 2 is 1.96 bits per heavy atom. The number of hydrogen-bond acceptors (Lipinski definition) is 4. The van der Waals surface area contributed by atoms with E-state index < -0.39 is 17.8 Å². The van der Waals surface area contributed by atoms with E-state index in [9.17, 15) is 18.0 Å². The van der Waals surface area contributed by atoms with Crippen molar-refractivity contribution in [3.05, 3.63) is 47.9 Å². The van der Waals surface area contributed by atoms with E-state index in [1.807, 2.05) is 6.07 Å². The summed E-state index contributed by atoms with van der Waals surface area (Å²) in [5.74, 6) is 1.25. The first-order valence-corrected chi connectivity index (χ1v) is 8.21. The molecule has 1 aromatic carbocycles. The molecule has 1 saturated heterocycles. The van der Waals surface area contributed by atoms with Gasteiger partial charge in [0.1, 0.15) is 11.6 Å². The molecule has 0 saturated carbocycles. The van der Waals surface area contributed by atoms with Crippen LogP contribution in [0, 0.1) is 0 Å². The Bertz CT molecular complexity index is 775. The standard InChI is InChI=1S/C17H18F3N5O/c18-17(19,20)12-4-3-5-13(10-12)23-16(26)22-11-14-21-7-6-15(24-14)25-8-1-2-9-25/h3-7,10H,1-2,8-9,11H2,(H2,22,23,26). The first-order chi connectivity index (χ1) is 12.4. The molecule has 1 aromatic heterocycles. The van der Waals surface area contributed by atoms with E-state index in [0.29, 0.717) is 5.82 Å². The van der Waals surface area contributed by atoms with Crippen LogP contribution in [0.25, 0.3) is 0 Å². The Morgan fingerprint density at radius 1 is 1.19 bits per heavy atom. The number of alkyl halides is 3. The Morgan fingerprint density at radius 3 is 2.69 bits per heavy atom. The third-order valence-electron chi connectivity index (χ3n) is 3.98. The van der Waals surface area contributed by atoms with Crippen molar-refractivity contribution in [3.8, 4) is 0 Å². The summed E-state index contributed by atoms with van der Waals surface area (Å²) in [6.07, 6.45) is -0.589. The molecule has 0 spiro atoms. The average Bonchev–Trinajstić information content (AvgIpc) is 3.14. The van der Waals surface area contributed by atoms with Crippen LogP contribution in [0.2, 0.25) is 0 Å². The SMILES string of the molecule is O=C(NCc1nccc(N2CCCC2)n1)Nc1cccc(C(F)(F)F)c1. The van der Waals surface area contributed by atoms with Gasteiger partial charge in [-0.05, 0) is 37.1 Å². The van der Waals surface area contributed by atoms with Gasteiger partial charge < -0.3 is 15.5 Å². The van der Waals surface area contributed by atoms with Crippen LogP contribution in [-0.4, -0.2) is 29.1 Å². The fourth-order valence-electron chi connectivity index (χ4n) is 2.70. The highest BCUT2D eigenvalue weighted by Crippen LogP contribution is 2.30. The number of carbonyl (C=O) groups is 1. The lowest BCUT2D eigenvalue weighted by Gasteiger charge is -2.16. The summed E-state index contributed by atoms with van der Waals surface area (Å²) >= 11 is 0. The molecule has 0 atom stereocenters. The lowest BCUT2D eigenvalue weighted by molar-refractivity contribution is -0.137. The highest BCUT2D eigenvalue weighted by molar-refractivity contribution is 5.89. The van der Waals surface area contributed by atoms with Gasteiger partial charge >= 0.3 is 12.2 Å². The normalized spacial score (nSPS) is 14.3. The van der Waals surface area contributed by atoms with Gasteiger partial charge in [-0.15, -0.1) is 0 Å². The molecule has 1 aliphatic rings. The summed E-state index contributed by atoms with van der Waals surface area (Å²) in [5.41, 5.74) is -0.763. The molecule has 2 amide bonds. The monoisotopic (exact) mass is 365 g/mol. The predicted molar refractivity (Wildman–Crippen MR) is 90.8 cm³/mol. The number of amides is 2. The van der Waals surface area contributed by atoms with Gasteiger partial charge in [0, 0.05) is 25.0 Å². The molecule has 6 nitrogen and oxygen atoms in total. The zero-order chi connectivity index (χ0) is 18.6. The maximum Gasteiger partial charge on any atom is 0.416 e. The molecule has 0 radical (unpaired) electrons. The minimum Gasteiger partial charge on any atom is -0.357 e. The highest BCUT2D eigenvalue weighted by Gasteiger charge is 2.30. The van der Waals surface area contributed by atoms with Gasteiger partial charge in [0.2, 0.25) is 0 Å². The Hall–Kier alpha value is -2.84. The third-order valence-corrected chi connectivity index (χ3v) is 3.98. The lowest BCUT2D eigenvalue weighted by Crippen LogP contribution is -2.29. The van der Waals surface area contributed by atoms with Crippen molar-refractivity contribution in [2.75, 3.05) is 23.3 Å². The molecule has 9 heteroatoms. The van der Waals surface area contributed by atoms with E-state index in [1.165, 1.54) is 12.1 Å². The topological polar surface area (TPSA) is 70.2 Å². The summed E-state index contributed by atoms with van der Waals surface area (Å²) in [7, 11) is 0. The van der Waals surface area contributed by atoms with Gasteiger partial charge in [-0.3, -0.25) is 0 Å². The van der Waals surface area contributed by atoms with E-state index in [-0.39, 0.29) is 12.2 Å². The molecule has 2 N–H and O–H groups in total. The Kier molecular flexibility index (Phi) is 5.24. The number of urea groups is 1. The molecular weight excluding hydrogens is 347 g/mol. The number of benzene rings is 1. The number of hydrogen-bond donors (Lipinski definition) is 2. The first kappa shape index (κ1) is 18.0. The number of carbonyl (C=O) groups excluding carboxylic acids is 1. The van der Waals surface area contributed by atoms with Crippen molar-refractivity contribution in [1.29, 1.82) is 0 Å². The molecule has 3 rings (SSSR count). The second-order valence-electron chi connectivity index (χ2n) is 5.91. The highest BCUT2D eigenvalue weighted by atomic mass is 19.4. The van der Waals surface area contributed by atoms with Crippen molar-refractivity contribution >= 4 is 17.5 Å². The summed E-state index contributed by atoms with van der Waals surface area (Å²) in [5, 5.41) is 4.93.